The van der Waals surface area contributed by atoms with Gasteiger partial charge in [0.2, 0.25) is 0 Å². The number of rotatable bonds is 6. The predicted molar refractivity (Wildman–Crippen MR) is 72.7 cm³/mol. The summed E-state index contributed by atoms with van der Waals surface area (Å²) in [5.74, 6) is 1.29. The van der Waals surface area contributed by atoms with E-state index in [4.69, 9.17) is 9.15 Å². The van der Waals surface area contributed by atoms with Gasteiger partial charge in [-0.25, -0.2) is 15.0 Å². The molecule has 0 unspecified atom stereocenters. The van der Waals surface area contributed by atoms with E-state index in [0.29, 0.717) is 21.8 Å². The number of aryl methyl sites for hydroxylation is 1. The van der Waals surface area contributed by atoms with Gasteiger partial charge < -0.3 is 14.5 Å². The second kappa shape index (κ2) is 6.42. The van der Waals surface area contributed by atoms with E-state index in [9.17, 15) is 0 Å². The minimum Gasteiger partial charge on any atom is -0.490 e. The molecule has 0 atom stereocenters. The minimum atomic E-state index is 0.538. The van der Waals surface area contributed by atoms with Crippen molar-refractivity contribution in [1.82, 2.24) is 15.0 Å². The summed E-state index contributed by atoms with van der Waals surface area (Å²) < 4.78 is 10.7. The van der Waals surface area contributed by atoms with E-state index in [2.05, 4.69) is 27.2 Å². The maximum Gasteiger partial charge on any atom is 0.262 e. The van der Waals surface area contributed by atoms with Crippen LogP contribution in [0.4, 0.5) is 5.82 Å². The van der Waals surface area contributed by atoms with Gasteiger partial charge in [-0.3, -0.25) is 0 Å². The molecule has 0 aliphatic rings. The zero-order valence-electron chi connectivity index (χ0n) is 11.1. The van der Waals surface area contributed by atoms with E-state index >= 15 is 0 Å². The molecular weight excluding hydrogens is 264 g/mol. The van der Waals surface area contributed by atoms with Gasteiger partial charge in [0.1, 0.15) is 12.6 Å². The highest BCUT2D eigenvalue weighted by atomic mass is 32.2. The van der Waals surface area contributed by atoms with Crippen LogP contribution in [0.5, 0.6) is 5.75 Å². The van der Waals surface area contributed by atoms with Crippen LogP contribution in [0.2, 0.25) is 0 Å². The lowest BCUT2D eigenvalue weighted by Crippen LogP contribution is -2.05. The Bertz CT molecular complexity index is 544. The highest BCUT2D eigenvalue weighted by Gasteiger charge is 2.15. The summed E-state index contributed by atoms with van der Waals surface area (Å²) >= 11 is 1.31. The van der Waals surface area contributed by atoms with Crippen molar-refractivity contribution in [2.45, 2.75) is 30.5 Å². The summed E-state index contributed by atoms with van der Waals surface area (Å²) in [7, 11) is 1.60. The SMILES string of the molecule is CCCNc1ncnc(Sc2nc(C)co2)c1OC. The van der Waals surface area contributed by atoms with Crippen LogP contribution in [0, 0.1) is 6.92 Å². The van der Waals surface area contributed by atoms with Crippen LogP contribution in [-0.4, -0.2) is 28.6 Å². The molecule has 2 heterocycles. The number of nitrogens with one attached hydrogen (secondary N) is 1. The minimum absolute atomic E-state index is 0.538. The molecule has 0 saturated carbocycles. The Morgan fingerprint density at radius 1 is 1.42 bits per heavy atom. The molecule has 0 radical (unpaired) electrons. The van der Waals surface area contributed by atoms with Crippen molar-refractivity contribution in [1.29, 1.82) is 0 Å². The largest absolute Gasteiger partial charge is 0.490 e. The van der Waals surface area contributed by atoms with Gasteiger partial charge in [-0.05, 0) is 25.1 Å². The molecule has 6 nitrogen and oxygen atoms in total. The van der Waals surface area contributed by atoms with Crippen molar-refractivity contribution < 1.29 is 9.15 Å². The quantitative estimate of drug-likeness (QED) is 0.815. The molecule has 0 bridgehead atoms. The maximum atomic E-state index is 5.37. The van der Waals surface area contributed by atoms with E-state index in [1.807, 2.05) is 6.92 Å². The fourth-order valence-electron chi connectivity index (χ4n) is 1.45. The number of aromatic nitrogens is 3. The smallest absolute Gasteiger partial charge is 0.262 e. The Kier molecular flexibility index (Phi) is 4.62. The summed E-state index contributed by atoms with van der Waals surface area (Å²) in [6, 6.07) is 0. The molecule has 19 heavy (non-hydrogen) atoms. The summed E-state index contributed by atoms with van der Waals surface area (Å²) in [6.45, 7) is 4.79. The lowest BCUT2D eigenvalue weighted by Gasteiger charge is -2.11. The monoisotopic (exact) mass is 280 g/mol. The molecule has 2 aromatic heterocycles. The van der Waals surface area contributed by atoms with E-state index in [-0.39, 0.29) is 0 Å². The number of hydrogen-bond donors (Lipinski definition) is 1. The molecule has 102 valence electrons. The third-order valence-electron chi connectivity index (χ3n) is 2.30. The second-order valence-electron chi connectivity index (χ2n) is 3.84. The lowest BCUT2D eigenvalue weighted by molar-refractivity contribution is 0.399. The van der Waals surface area contributed by atoms with E-state index in [1.54, 1.807) is 13.4 Å². The highest BCUT2D eigenvalue weighted by Crippen LogP contribution is 2.36. The normalized spacial score (nSPS) is 10.5. The van der Waals surface area contributed by atoms with Crippen LogP contribution in [-0.2, 0) is 0 Å². The van der Waals surface area contributed by atoms with Gasteiger partial charge in [0.15, 0.2) is 16.6 Å². The number of oxazole rings is 1. The zero-order valence-corrected chi connectivity index (χ0v) is 12.0. The molecule has 0 aromatic carbocycles. The molecule has 0 fully saturated rings. The first-order valence-electron chi connectivity index (χ1n) is 5.97. The average Bonchev–Trinajstić information content (AvgIpc) is 2.82. The maximum absolute atomic E-state index is 5.37. The topological polar surface area (TPSA) is 73.1 Å². The Labute approximate surface area is 116 Å². The van der Waals surface area contributed by atoms with Crippen LogP contribution in [0.3, 0.4) is 0 Å². The second-order valence-corrected chi connectivity index (χ2v) is 4.78. The standard InChI is InChI=1S/C12H16N4O2S/c1-4-5-13-10-9(17-3)11(15-7-14-10)19-12-16-8(2)6-18-12/h6-7H,4-5H2,1-3H3,(H,13,14,15). The number of methoxy groups -OCH3 is 1. The van der Waals surface area contributed by atoms with Gasteiger partial charge in [-0.2, -0.15) is 0 Å². The predicted octanol–water partition coefficient (Wildman–Crippen LogP) is 2.75. The molecule has 0 aliphatic heterocycles. The van der Waals surface area contributed by atoms with E-state index in [1.165, 1.54) is 18.1 Å². The van der Waals surface area contributed by atoms with E-state index in [0.717, 1.165) is 18.7 Å². The van der Waals surface area contributed by atoms with Gasteiger partial charge in [0, 0.05) is 6.54 Å². The fraction of sp³-hybridized carbons (Fsp3) is 0.417. The highest BCUT2D eigenvalue weighted by molar-refractivity contribution is 7.99. The Hall–Kier alpha value is -1.76. The van der Waals surface area contributed by atoms with Crippen molar-refractivity contribution in [2.24, 2.45) is 0 Å². The molecule has 0 aliphatic carbocycles. The van der Waals surface area contributed by atoms with Gasteiger partial charge >= 0.3 is 0 Å². The van der Waals surface area contributed by atoms with Crippen LogP contribution in [0.1, 0.15) is 19.0 Å². The van der Waals surface area contributed by atoms with Crippen molar-refractivity contribution >= 4 is 17.6 Å². The number of anilines is 1. The van der Waals surface area contributed by atoms with Gasteiger partial charge in [-0.15, -0.1) is 0 Å². The number of ether oxygens (including phenoxy) is 1. The molecule has 0 saturated heterocycles. The lowest BCUT2D eigenvalue weighted by atomic mass is 10.4. The van der Waals surface area contributed by atoms with Crippen LogP contribution >= 0.6 is 11.8 Å². The third-order valence-corrected chi connectivity index (χ3v) is 3.15. The third kappa shape index (κ3) is 3.37. The number of nitrogens with zero attached hydrogens (tertiary/aromatic N) is 3. The molecule has 7 heteroatoms. The Balaban J connectivity index is 2.24. The summed E-state index contributed by atoms with van der Waals surface area (Å²) in [6.07, 6.45) is 4.11. The van der Waals surface area contributed by atoms with Crippen molar-refractivity contribution in [3.63, 3.8) is 0 Å². The van der Waals surface area contributed by atoms with Crippen molar-refractivity contribution in [3.05, 3.63) is 18.3 Å². The van der Waals surface area contributed by atoms with Gasteiger partial charge in [-0.1, -0.05) is 6.92 Å². The fourth-order valence-corrected chi connectivity index (χ4v) is 2.27. The molecule has 2 aromatic rings. The molecule has 2 rings (SSSR count). The number of hydrogen-bond acceptors (Lipinski definition) is 7. The van der Waals surface area contributed by atoms with Gasteiger partial charge in [0.25, 0.3) is 5.22 Å². The molecule has 1 N–H and O–H groups in total. The van der Waals surface area contributed by atoms with Crippen molar-refractivity contribution in [3.8, 4) is 5.75 Å². The van der Waals surface area contributed by atoms with E-state index < -0.39 is 0 Å². The van der Waals surface area contributed by atoms with Crippen LogP contribution < -0.4 is 10.1 Å². The summed E-state index contributed by atoms with van der Waals surface area (Å²) in [5.41, 5.74) is 0.833. The molecular formula is C12H16N4O2S. The first-order valence-corrected chi connectivity index (χ1v) is 6.79. The van der Waals surface area contributed by atoms with Gasteiger partial charge in [0.05, 0.1) is 12.8 Å². The first kappa shape index (κ1) is 13.7. The first-order chi connectivity index (χ1) is 9.24. The molecule has 0 spiro atoms. The van der Waals surface area contributed by atoms with Crippen molar-refractivity contribution in [2.75, 3.05) is 19.0 Å². The summed E-state index contributed by atoms with van der Waals surface area (Å²) in [5, 5.41) is 4.42. The van der Waals surface area contributed by atoms with Crippen LogP contribution in [0.15, 0.2) is 27.3 Å². The molecule has 0 amide bonds. The Morgan fingerprint density at radius 3 is 2.89 bits per heavy atom. The Morgan fingerprint density at radius 2 is 2.26 bits per heavy atom. The summed E-state index contributed by atoms with van der Waals surface area (Å²) in [4.78, 5) is 12.6. The zero-order chi connectivity index (χ0) is 13.7. The van der Waals surface area contributed by atoms with Crippen LogP contribution in [0.25, 0.3) is 0 Å². The average molecular weight is 280 g/mol.